The third-order valence-electron chi connectivity index (χ3n) is 3.64. The Hall–Kier alpha value is -1.59. The summed E-state index contributed by atoms with van der Waals surface area (Å²) in [5.41, 5.74) is 1.20. The number of nitrogens with zero attached hydrogens (tertiary/aromatic N) is 1. The quantitative estimate of drug-likeness (QED) is 0.832. The lowest BCUT2D eigenvalue weighted by molar-refractivity contribution is -0.145. The number of carboxylic acids is 1. The number of carboxylic acid groups (broad SMARTS) is 1. The fourth-order valence-corrected chi connectivity index (χ4v) is 2.49. The van der Waals surface area contributed by atoms with Crippen molar-refractivity contribution in [1.29, 1.82) is 0 Å². The lowest BCUT2D eigenvalue weighted by Crippen LogP contribution is -2.39. The number of aryl methyl sites for hydroxylation is 1. The molecule has 5 heteroatoms. The van der Waals surface area contributed by atoms with E-state index in [1.807, 2.05) is 18.2 Å². The zero-order chi connectivity index (χ0) is 15.1. The smallest absolute Gasteiger partial charge is 0.329 e. The first kappa shape index (κ1) is 15.8. The van der Waals surface area contributed by atoms with Gasteiger partial charge in [-0.05, 0) is 37.5 Å². The fraction of sp³-hybridized carbons (Fsp3) is 0.562. The summed E-state index contributed by atoms with van der Waals surface area (Å²) in [5, 5.41) is 8.59. The van der Waals surface area contributed by atoms with Gasteiger partial charge >= 0.3 is 5.97 Å². The second-order valence-electron chi connectivity index (χ2n) is 5.41. The normalized spacial score (nSPS) is 16.8. The molecule has 116 valence electrons. The van der Waals surface area contributed by atoms with Crippen molar-refractivity contribution in [3.05, 3.63) is 29.8 Å². The number of hydrogen-bond donors (Lipinski definition) is 1. The van der Waals surface area contributed by atoms with Crippen molar-refractivity contribution in [2.24, 2.45) is 0 Å². The Balaban J connectivity index is 1.61. The van der Waals surface area contributed by atoms with Gasteiger partial charge in [0.05, 0.1) is 6.10 Å². The van der Waals surface area contributed by atoms with Crippen LogP contribution in [0.25, 0.3) is 0 Å². The molecule has 1 fully saturated rings. The summed E-state index contributed by atoms with van der Waals surface area (Å²) in [6, 6.07) is 8.05. The second-order valence-corrected chi connectivity index (χ2v) is 5.41. The highest BCUT2D eigenvalue weighted by Crippen LogP contribution is 2.15. The van der Waals surface area contributed by atoms with Crippen LogP contribution in [0.4, 0.5) is 0 Å². The molecule has 1 aromatic rings. The van der Waals surface area contributed by atoms with Crippen molar-refractivity contribution >= 4 is 5.97 Å². The Morgan fingerprint density at radius 1 is 1.38 bits per heavy atom. The number of aliphatic carboxylic acids is 1. The number of ether oxygens (including phenoxy) is 2. The van der Waals surface area contributed by atoms with Crippen LogP contribution in [0, 0.1) is 6.92 Å². The van der Waals surface area contributed by atoms with Crippen LogP contribution in [0.15, 0.2) is 24.3 Å². The molecule has 1 N–H and O–H groups in total. The van der Waals surface area contributed by atoms with Crippen molar-refractivity contribution in [3.63, 3.8) is 0 Å². The molecular weight excluding hydrogens is 270 g/mol. The molecule has 5 nitrogen and oxygen atoms in total. The van der Waals surface area contributed by atoms with Gasteiger partial charge < -0.3 is 14.6 Å². The number of hydrogen-bond acceptors (Lipinski definition) is 4. The van der Waals surface area contributed by atoms with Crippen LogP contribution in [0.1, 0.15) is 18.4 Å². The third-order valence-corrected chi connectivity index (χ3v) is 3.64. The van der Waals surface area contributed by atoms with Gasteiger partial charge in [0.1, 0.15) is 19.0 Å². The largest absolute Gasteiger partial charge is 0.492 e. The maximum absolute atomic E-state index is 10.5. The molecule has 21 heavy (non-hydrogen) atoms. The van der Waals surface area contributed by atoms with E-state index in [9.17, 15) is 4.79 Å². The maximum Gasteiger partial charge on any atom is 0.329 e. The summed E-state index contributed by atoms with van der Waals surface area (Å²) in [4.78, 5) is 12.8. The molecule has 0 saturated carbocycles. The number of carbonyl (C=O) groups is 1. The molecule has 1 saturated heterocycles. The molecule has 0 amide bonds. The summed E-state index contributed by atoms with van der Waals surface area (Å²) in [7, 11) is 0. The maximum atomic E-state index is 10.5. The number of likely N-dealkylation sites (tertiary alicyclic amines) is 1. The van der Waals surface area contributed by atoms with E-state index in [1.165, 1.54) is 5.56 Å². The van der Waals surface area contributed by atoms with E-state index in [0.29, 0.717) is 6.61 Å². The van der Waals surface area contributed by atoms with Gasteiger partial charge in [-0.25, -0.2) is 4.79 Å². The number of rotatable bonds is 7. The van der Waals surface area contributed by atoms with Gasteiger partial charge in [0.15, 0.2) is 0 Å². The molecule has 1 aromatic carbocycles. The minimum atomic E-state index is -0.899. The zero-order valence-corrected chi connectivity index (χ0v) is 12.5. The van der Waals surface area contributed by atoms with Crippen LogP contribution in [0.3, 0.4) is 0 Å². The summed E-state index contributed by atoms with van der Waals surface area (Å²) >= 11 is 0. The van der Waals surface area contributed by atoms with Gasteiger partial charge in [-0.15, -0.1) is 0 Å². The highest BCUT2D eigenvalue weighted by molar-refractivity contribution is 5.68. The van der Waals surface area contributed by atoms with E-state index in [4.69, 9.17) is 14.6 Å². The Bertz CT molecular complexity index is 455. The van der Waals surface area contributed by atoms with E-state index in [2.05, 4.69) is 17.9 Å². The van der Waals surface area contributed by atoms with Crippen LogP contribution in [-0.2, 0) is 9.53 Å². The van der Waals surface area contributed by atoms with E-state index in [0.717, 1.165) is 38.2 Å². The van der Waals surface area contributed by atoms with Crippen molar-refractivity contribution in [2.45, 2.75) is 25.9 Å². The summed E-state index contributed by atoms with van der Waals surface area (Å²) in [5.74, 6) is 0.0126. The van der Waals surface area contributed by atoms with Gasteiger partial charge in [0.25, 0.3) is 0 Å². The first-order valence-corrected chi connectivity index (χ1v) is 7.39. The molecule has 0 bridgehead atoms. The topological polar surface area (TPSA) is 59.0 Å². The lowest BCUT2D eigenvalue weighted by atomic mass is 10.1. The standard InChI is InChI=1S/C16H23NO4/c1-13-3-2-4-15(11-13)20-10-9-17-7-5-14(6-8-17)21-12-16(18)19/h2-4,11,14H,5-10,12H2,1H3,(H,18,19). The Kier molecular flexibility index (Phi) is 6.02. The monoisotopic (exact) mass is 293 g/mol. The van der Waals surface area contributed by atoms with Gasteiger partial charge in [0.2, 0.25) is 0 Å². The molecule has 1 heterocycles. The summed E-state index contributed by atoms with van der Waals surface area (Å²) in [6.07, 6.45) is 1.85. The van der Waals surface area contributed by atoms with Crippen LogP contribution in [0.5, 0.6) is 5.75 Å². The molecule has 0 atom stereocenters. The molecule has 0 radical (unpaired) electrons. The van der Waals surface area contributed by atoms with Crippen LogP contribution >= 0.6 is 0 Å². The number of benzene rings is 1. The molecule has 2 rings (SSSR count). The molecule has 0 spiro atoms. The fourth-order valence-electron chi connectivity index (χ4n) is 2.49. The highest BCUT2D eigenvalue weighted by Gasteiger charge is 2.20. The molecule has 0 aliphatic carbocycles. The van der Waals surface area contributed by atoms with E-state index < -0.39 is 5.97 Å². The minimum Gasteiger partial charge on any atom is -0.492 e. The van der Waals surface area contributed by atoms with Crippen molar-refractivity contribution in [3.8, 4) is 5.75 Å². The number of piperidine rings is 1. The zero-order valence-electron chi connectivity index (χ0n) is 12.5. The van der Waals surface area contributed by atoms with E-state index in [-0.39, 0.29) is 12.7 Å². The van der Waals surface area contributed by atoms with Crippen molar-refractivity contribution in [1.82, 2.24) is 4.90 Å². The van der Waals surface area contributed by atoms with Gasteiger partial charge in [-0.2, -0.15) is 0 Å². The second kappa shape index (κ2) is 8.00. The summed E-state index contributed by atoms with van der Waals surface area (Å²) < 4.78 is 11.1. The summed E-state index contributed by atoms with van der Waals surface area (Å²) in [6.45, 7) is 5.28. The first-order valence-electron chi connectivity index (χ1n) is 7.39. The van der Waals surface area contributed by atoms with Gasteiger partial charge in [0, 0.05) is 19.6 Å². The van der Waals surface area contributed by atoms with Gasteiger partial charge in [-0.1, -0.05) is 12.1 Å². The Morgan fingerprint density at radius 2 is 2.14 bits per heavy atom. The molecular formula is C16H23NO4. The molecule has 0 unspecified atom stereocenters. The average molecular weight is 293 g/mol. The van der Waals surface area contributed by atoms with Crippen molar-refractivity contribution in [2.75, 3.05) is 32.8 Å². The SMILES string of the molecule is Cc1cccc(OCCN2CCC(OCC(=O)O)CC2)c1. The third kappa shape index (κ3) is 5.73. The van der Waals surface area contributed by atoms with Crippen LogP contribution < -0.4 is 4.74 Å². The Morgan fingerprint density at radius 3 is 2.81 bits per heavy atom. The first-order chi connectivity index (χ1) is 10.1. The minimum absolute atomic E-state index is 0.0787. The van der Waals surface area contributed by atoms with Crippen LogP contribution in [-0.4, -0.2) is 54.9 Å². The lowest BCUT2D eigenvalue weighted by Gasteiger charge is -2.31. The predicted molar refractivity (Wildman–Crippen MR) is 79.7 cm³/mol. The van der Waals surface area contributed by atoms with E-state index >= 15 is 0 Å². The Labute approximate surface area is 125 Å². The van der Waals surface area contributed by atoms with Crippen molar-refractivity contribution < 1.29 is 19.4 Å². The predicted octanol–water partition coefficient (Wildman–Crippen LogP) is 1.94. The van der Waals surface area contributed by atoms with Gasteiger partial charge in [-0.3, -0.25) is 4.90 Å². The van der Waals surface area contributed by atoms with Crippen LogP contribution in [0.2, 0.25) is 0 Å². The van der Waals surface area contributed by atoms with E-state index in [1.54, 1.807) is 0 Å². The molecule has 1 aliphatic heterocycles. The highest BCUT2D eigenvalue weighted by atomic mass is 16.5. The molecule has 0 aromatic heterocycles. The molecule has 1 aliphatic rings. The average Bonchev–Trinajstić information content (AvgIpc) is 2.46.